The number of hydrogen-bond acceptors (Lipinski definition) is 2. The van der Waals surface area contributed by atoms with Gasteiger partial charge in [-0.05, 0) is 32.4 Å². The Bertz CT molecular complexity index is 390. The Balaban J connectivity index is 3.00. The lowest BCUT2D eigenvalue weighted by Crippen LogP contribution is -2.46. The van der Waals surface area contributed by atoms with E-state index in [1.807, 2.05) is 32.9 Å². The van der Waals surface area contributed by atoms with E-state index in [9.17, 15) is 4.79 Å². The van der Waals surface area contributed by atoms with Gasteiger partial charge in [-0.15, -0.1) is 0 Å². The number of nitrogens with zero attached hydrogens (tertiary/aromatic N) is 2. The van der Waals surface area contributed by atoms with Gasteiger partial charge >= 0.3 is 0 Å². The Morgan fingerprint density at radius 1 is 1.56 bits per heavy atom. The van der Waals surface area contributed by atoms with Crippen LogP contribution in [0.1, 0.15) is 29.9 Å². The van der Waals surface area contributed by atoms with Crippen molar-refractivity contribution < 1.29 is 4.79 Å². The largest absolute Gasteiger partial charge is 0.334 e. The summed E-state index contributed by atoms with van der Waals surface area (Å²) < 4.78 is 0. The molecule has 1 aromatic heterocycles. The van der Waals surface area contributed by atoms with Gasteiger partial charge in [0.05, 0.1) is 0 Å². The van der Waals surface area contributed by atoms with Crippen LogP contribution in [-0.2, 0) is 0 Å². The molecule has 1 heterocycles. The van der Waals surface area contributed by atoms with Crippen molar-refractivity contribution in [2.75, 3.05) is 12.4 Å². The minimum absolute atomic E-state index is 0.0393. The summed E-state index contributed by atoms with van der Waals surface area (Å²) in [5, 5.41) is 0.730. The van der Waals surface area contributed by atoms with Crippen LogP contribution < -0.4 is 0 Å². The van der Waals surface area contributed by atoms with E-state index in [-0.39, 0.29) is 11.4 Å². The molecule has 0 saturated heterocycles. The highest BCUT2D eigenvalue weighted by atomic mass is 79.9. The number of amides is 1. The van der Waals surface area contributed by atoms with Crippen LogP contribution in [0, 0.1) is 6.92 Å². The summed E-state index contributed by atoms with van der Waals surface area (Å²) in [6.45, 7) is 5.92. The van der Waals surface area contributed by atoms with Crippen LogP contribution in [0.5, 0.6) is 0 Å². The number of aromatic nitrogens is 1. The van der Waals surface area contributed by atoms with E-state index in [4.69, 9.17) is 0 Å². The van der Waals surface area contributed by atoms with Gasteiger partial charge < -0.3 is 4.90 Å². The van der Waals surface area contributed by atoms with Crippen molar-refractivity contribution in [3.63, 3.8) is 0 Å². The van der Waals surface area contributed by atoms with Crippen molar-refractivity contribution in [3.8, 4) is 0 Å². The quantitative estimate of drug-likeness (QED) is 0.800. The average molecular weight is 285 g/mol. The maximum Gasteiger partial charge on any atom is 0.272 e. The van der Waals surface area contributed by atoms with Gasteiger partial charge in [0.1, 0.15) is 5.69 Å². The maximum absolute atomic E-state index is 12.2. The lowest BCUT2D eigenvalue weighted by molar-refractivity contribution is 0.0656. The highest BCUT2D eigenvalue weighted by Gasteiger charge is 2.28. The minimum Gasteiger partial charge on any atom is -0.334 e. The Labute approximate surface area is 105 Å². The normalized spacial score (nSPS) is 11.3. The molecule has 0 atom stereocenters. The minimum atomic E-state index is -0.221. The van der Waals surface area contributed by atoms with Crippen molar-refractivity contribution in [2.45, 2.75) is 26.3 Å². The van der Waals surface area contributed by atoms with Crippen LogP contribution in [0.15, 0.2) is 18.3 Å². The van der Waals surface area contributed by atoms with Crippen LogP contribution in [0.25, 0.3) is 0 Å². The van der Waals surface area contributed by atoms with Crippen LogP contribution in [0.2, 0.25) is 0 Å². The van der Waals surface area contributed by atoms with E-state index >= 15 is 0 Å². The Morgan fingerprint density at radius 2 is 2.19 bits per heavy atom. The summed E-state index contributed by atoms with van der Waals surface area (Å²) in [6.07, 6.45) is 1.65. The summed E-state index contributed by atoms with van der Waals surface area (Å²) in [5.41, 5.74) is 1.21. The average Bonchev–Trinajstić information content (AvgIpc) is 2.27. The van der Waals surface area contributed by atoms with E-state index in [0.717, 1.165) is 10.9 Å². The number of alkyl halides is 1. The monoisotopic (exact) mass is 284 g/mol. The second-order valence-corrected chi connectivity index (χ2v) is 5.04. The first-order chi connectivity index (χ1) is 7.40. The molecule has 0 aliphatic heterocycles. The maximum atomic E-state index is 12.2. The van der Waals surface area contributed by atoms with Crippen LogP contribution in [0.4, 0.5) is 0 Å². The summed E-state index contributed by atoms with van der Waals surface area (Å²) >= 11 is 3.42. The van der Waals surface area contributed by atoms with Crippen LogP contribution >= 0.6 is 15.9 Å². The lowest BCUT2D eigenvalue weighted by Gasteiger charge is -2.34. The molecule has 0 radical (unpaired) electrons. The number of halogens is 1. The van der Waals surface area contributed by atoms with Crippen molar-refractivity contribution in [2.24, 2.45) is 0 Å². The molecular weight excluding hydrogens is 268 g/mol. The van der Waals surface area contributed by atoms with Gasteiger partial charge in [0.15, 0.2) is 0 Å². The van der Waals surface area contributed by atoms with Crippen molar-refractivity contribution in [1.82, 2.24) is 9.88 Å². The molecule has 0 aliphatic carbocycles. The highest BCUT2D eigenvalue weighted by molar-refractivity contribution is 9.09. The molecule has 0 bridgehead atoms. The molecule has 1 amide bonds. The van der Waals surface area contributed by atoms with Crippen molar-refractivity contribution in [3.05, 3.63) is 29.6 Å². The van der Waals surface area contributed by atoms with E-state index in [1.165, 1.54) is 0 Å². The summed E-state index contributed by atoms with van der Waals surface area (Å²) in [4.78, 5) is 18.1. The van der Waals surface area contributed by atoms with Crippen LogP contribution in [-0.4, -0.2) is 33.7 Å². The number of aryl methyl sites for hydroxylation is 1. The summed E-state index contributed by atoms with van der Waals surface area (Å²) in [5.74, 6) is -0.0393. The number of carbonyl (C=O) groups is 1. The standard InChI is InChI=1S/C12H17BrN2O/c1-9-6-5-7-14-10(9)11(16)15(4)12(2,3)8-13/h5-7H,8H2,1-4H3. The topological polar surface area (TPSA) is 33.2 Å². The number of rotatable bonds is 3. The number of hydrogen-bond donors (Lipinski definition) is 0. The van der Waals surface area contributed by atoms with E-state index in [1.54, 1.807) is 18.1 Å². The Morgan fingerprint density at radius 3 is 2.69 bits per heavy atom. The lowest BCUT2D eigenvalue weighted by atomic mass is 10.1. The molecule has 0 fully saturated rings. The van der Waals surface area contributed by atoms with Crippen LogP contribution in [0.3, 0.4) is 0 Å². The van der Waals surface area contributed by atoms with Gasteiger partial charge in [0, 0.05) is 24.1 Å². The molecule has 88 valence electrons. The predicted molar refractivity (Wildman–Crippen MR) is 68.9 cm³/mol. The molecule has 0 spiro atoms. The molecule has 0 saturated carbocycles. The SMILES string of the molecule is Cc1cccnc1C(=O)N(C)C(C)(C)CBr. The molecule has 1 aromatic rings. The molecule has 0 unspecified atom stereocenters. The van der Waals surface area contributed by atoms with Crippen molar-refractivity contribution in [1.29, 1.82) is 0 Å². The Hall–Kier alpha value is -0.900. The molecule has 1 rings (SSSR count). The third kappa shape index (κ3) is 2.61. The number of carbonyl (C=O) groups excluding carboxylic acids is 1. The first-order valence-corrected chi connectivity index (χ1v) is 6.28. The zero-order chi connectivity index (χ0) is 12.3. The second-order valence-electron chi connectivity index (χ2n) is 4.48. The number of pyridine rings is 1. The van der Waals surface area contributed by atoms with E-state index in [0.29, 0.717) is 5.69 Å². The zero-order valence-electron chi connectivity index (χ0n) is 10.1. The smallest absolute Gasteiger partial charge is 0.272 e. The van der Waals surface area contributed by atoms with Gasteiger partial charge in [-0.2, -0.15) is 0 Å². The van der Waals surface area contributed by atoms with E-state index < -0.39 is 0 Å². The zero-order valence-corrected chi connectivity index (χ0v) is 11.7. The second kappa shape index (κ2) is 4.95. The summed E-state index contributed by atoms with van der Waals surface area (Å²) in [7, 11) is 1.80. The third-order valence-electron chi connectivity index (χ3n) is 2.75. The fraction of sp³-hybridized carbons (Fsp3) is 0.500. The fourth-order valence-electron chi connectivity index (χ4n) is 1.23. The predicted octanol–water partition coefficient (Wildman–Crippen LogP) is 2.64. The molecule has 0 aromatic carbocycles. The Kier molecular flexibility index (Phi) is 4.08. The van der Waals surface area contributed by atoms with Crippen molar-refractivity contribution >= 4 is 21.8 Å². The molecule has 0 aliphatic rings. The molecule has 4 heteroatoms. The first kappa shape index (κ1) is 13.2. The van der Waals surface area contributed by atoms with Gasteiger partial charge in [0.25, 0.3) is 5.91 Å². The van der Waals surface area contributed by atoms with E-state index in [2.05, 4.69) is 20.9 Å². The first-order valence-electron chi connectivity index (χ1n) is 5.16. The van der Waals surface area contributed by atoms with Gasteiger partial charge in [-0.3, -0.25) is 9.78 Å². The fourth-order valence-corrected chi connectivity index (χ4v) is 1.61. The summed E-state index contributed by atoms with van der Waals surface area (Å²) in [6, 6.07) is 3.73. The molecule has 0 N–H and O–H groups in total. The van der Waals surface area contributed by atoms with Gasteiger partial charge in [-0.25, -0.2) is 0 Å². The molecular formula is C12H17BrN2O. The highest BCUT2D eigenvalue weighted by Crippen LogP contribution is 2.18. The molecule has 16 heavy (non-hydrogen) atoms. The van der Waals surface area contributed by atoms with Gasteiger partial charge in [0.2, 0.25) is 0 Å². The van der Waals surface area contributed by atoms with Gasteiger partial charge in [-0.1, -0.05) is 22.0 Å². The third-order valence-corrected chi connectivity index (χ3v) is 4.12. The molecule has 3 nitrogen and oxygen atoms in total.